The predicted octanol–water partition coefficient (Wildman–Crippen LogP) is 7.65. The van der Waals surface area contributed by atoms with Gasteiger partial charge in [-0.2, -0.15) is 0 Å². The van der Waals surface area contributed by atoms with Gasteiger partial charge in [0.15, 0.2) is 21.7 Å². The van der Waals surface area contributed by atoms with Crippen LogP contribution in [-0.2, 0) is 14.1 Å². The van der Waals surface area contributed by atoms with Crippen LogP contribution >= 0.6 is 0 Å². The number of pyridine rings is 4. The van der Waals surface area contributed by atoms with Crippen molar-refractivity contribution in [2.24, 2.45) is 14.1 Å². The van der Waals surface area contributed by atoms with Crippen molar-refractivity contribution in [3.05, 3.63) is 162 Å². The van der Waals surface area contributed by atoms with Gasteiger partial charge in [0, 0.05) is 68.2 Å². The first-order chi connectivity index (χ1) is 25.1. The van der Waals surface area contributed by atoms with Gasteiger partial charge in [-0.15, -0.1) is 0 Å². The summed E-state index contributed by atoms with van der Waals surface area (Å²) in [5.41, 5.74) is 4.33. The number of aromatic amines is 2. The van der Waals surface area contributed by atoms with Gasteiger partial charge in [0.2, 0.25) is 0 Å². The SMILES string of the molecule is Cn1c2cc(F)ccc2c(=O)c2cc3c(cc21)c(=O)c1ccc(F)cc1n3C.O=c1c2ccccc2[nH]c2cc3c(=O)c4ccccc4[nH]c3cc12. The molecule has 0 saturated heterocycles. The maximum atomic E-state index is 13.7. The van der Waals surface area contributed by atoms with Gasteiger partial charge in [-0.3, -0.25) is 19.2 Å². The van der Waals surface area contributed by atoms with Crippen LogP contribution < -0.4 is 21.7 Å². The van der Waals surface area contributed by atoms with Crippen LogP contribution in [0.3, 0.4) is 0 Å². The van der Waals surface area contributed by atoms with Gasteiger partial charge >= 0.3 is 0 Å². The number of aryl methyl sites for hydroxylation is 2. The lowest BCUT2D eigenvalue weighted by atomic mass is 10.0. The van der Waals surface area contributed by atoms with E-state index in [0.717, 1.165) is 11.0 Å². The fraction of sp³-hybridized carbons (Fsp3) is 0.0476. The molecular formula is C42H26F2N4O4. The molecule has 0 aliphatic rings. The largest absolute Gasteiger partial charge is 0.354 e. The van der Waals surface area contributed by atoms with E-state index in [1.54, 1.807) is 59.6 Å². The lowest BCUT2D eigenvalue weighted by Crippen LogP contribution is -2.13. The molecule has 0 saturated carbocycles. The summed E-state index contributed by atoms with van der Waals surface area (Å²) >= 11 is 0. The molecule has 252 valence electrons. The number of hydrogen-bond donors (Lipinski definition) is 2. The zero-order valence-electron chi connectivity index (χ0n) is 27.7. The zero-order valence-corrected chi connectivity index (χ0v) is 27.7. The maximum Gasteiger partial charge on any atom is 0.197 e. The Morgan fingerprint density at radius 2 is 0.750 bits per heavy atom. The van der Waals surface area contributed by atoms with Crippen LogP contribution in [0.5, 0.6) is 0 Å². The molecule has 0 aliphatic carbocycles. The third-order valence-electron chi connectivity index (χ3n) is 9.99. The van der Waals surface area contributed by atoms with Crippen molar-refractivity contribution in [1.29, 1.82) is 0 Å². The number of aromatic nitrogens is 4. The summed E-state index contributed by atoms with van der Waals surface area (Å²) in [7, 11) is 3.46. The fourth-order valence-electron chi connectivity index (χ4n) is 7.34. The van der Waals surface area contributed by atoms with Gasteiger partial charge in [-0.25, -0.2) is 8.78 Å². The Hall–Kier alpha value is -6.94. The average Bonchev–Trinajstić information content (AvgIpc) is 3.15. The van der Waals surface area contributed by atoms with Gasteiger partial charge in [0.05, 0.1) is 33.1 Å². The first-order valence-corrected chi connectivity index (χ1v) is 16.4. The van der Waals surface area contributed by atoms with Crippen molar-refractivity contribution in [3.8, 4) is 0 Å². The van der Waals surface area contributed by atoms with Crippen LogP contribution in [0, 0.1) is 11.6 Å². The molecule has 0 radical (unpaired) electrons. The third kappa shape index (κ3) is 4.57. The number of halogens is 2. The fourth-order valence-corrected chi connectivity index (χ4v) is 7.34. The van der Waals surface area contributed by atoms with Crippen molar-refractivity contribution < 1.29 is 8.78 Å². The van der Waals surface area contributed by atoms with Crippen molar-refractivity contribution in [1.82, 2.24) is 19.1 Å². The van der Waals surface area contributed by atoms with Gasteiger partial charge in [-0.1, -0.05) is 24.3 Å². The summed E-state index contributed by atoms with van der Waals surface area (Å²) in [6.45, 7) is 0. The molecule has 4 aromatic heterocycles. The molecule has 8 nitrogen and oxygen atoms in total. The molecule has 10 aromatic rings. The monoisotopic (exact) mass is 688 g/mol. The van der Waals surface area contributed by atoms with Crippen LogP contribution in [0.4, 0.5) is 8.78 Å². The standard InChI is InChI=1S/C22H14F2N2O2.C20H12N2O2/c1-25-17-7-11(23)3-5-13(17)21(27)15-10-20-16(9-19(15)25)22(28)14-6-4-12(24)8-18(14)26(20)2;23-19-11-5-1-3-7-15(11)21-17-10-14-18(9-13(17)19)22-16-8-4-2-6-12(16)20(14)24/h3-10H,1-2H3;1-10H,(H,21,23)(H,22,24). The summed E-state index contributed by atoms with van der Waals surface area (Å²) in [6, 6.07) is 29.7. The van der Waals surface area contributed by atoms with Crippen LogP contribution in [0.15, 0.2) is 128 Å². The van der Waals surface area contributed by atoms with E-state index in [1.165, 1.54) is 36.4 Å². The topological polar surface area (TPSA) is 110 Å². The zero-order chi connectivity index (χ0) is 36.0. The minimum Gasteiger partial charge on any atom is -0.354 e. The molecule has 0 atom stereocenters. The predicted molar refractivity (Wildman–Crippen MR) is 205 cm³/mol. The minimum atomic E-state index is -0.438. The van der Waals surface area contributed by atoms with E-state index in [4.69, 9.17) is 0 Å². The Bertz CT molecular complexity index is 3220. The Morgan fingerprint density at radius 1 is 0.385 bits per heavy atom. The van der Waals surface area contributed by atoms with Gasteiger partial charge in [0.1, 0.15) is 11.6 Å². The van der Waals surface area contributed by atoms with Crippen molar-refractivity contribution in [2.75, 3.05) is 0 Å². The molecule has 0 aliphatic heterocycles. The second kappa shape index (κ2) is 11.3. The Kier molecular flexibility index (Phi) is 6.75. The molecule has 6 aromatic carbocycles. The van der Waals surface area contributed by atoms with E-state index in [-0.39, 0.29) is 21.7 Å². The first-order valence-electron chi connectivity index (χ1n) is 16.4. The van der Waals surface area contributed by atoms with Crippen LogP contribution in [0.25, 0.3) is 87.2 Å². The second-order valence-corrected chi connectivity index (χ2v) is 12.9. The van der Waals surface area contributed by atoms with E-state index in [9.17, 15) is 28.0 Å². The first kappa shape index (κ1) is 31.1. The number of H-pyrrole nitrogens is 2. The quantitative estimate of drug-likeness (QED) is 0.160. The lowest BCUT2D eigenvalue weighted by molar-refractivity contribution is 0.628. The molecule has 2 N–H and O–H groups in total. The number of para-hydroxylation sites is 2. The average molecular weight is 689 g/mol. The van der Waals surface area contributed by atoms with Crippen LogP contribution in [0.2, 0.25) is 0 Å². The lowest BCUT2D eigenvalue weighted by Gasteiger charge is -2.14. The smallest absolute Gasteiger partial charge is 0.197 e. The van der Waals surface area contributed by atoms with E-state index in [0.29, 0.717) is 76.2 Å². The highest BCUT2D eigenvalue weighted by Crippen LogP contribution is 2.26. The van der Waals surface area contributed by atoms with E-state index >= 15 is 0 Å². The number of nitrogens with one attached hydrogen (secondary N) is 2. The number of benzene rings is 6. The molecule has 0 unspecified atom stereocenters. The molecule has 0 amide bonds. The molecule has 0 bridgehead atoms. The molecule has 0 fully saturated rings. The van der Waals surface area contributed by atoms with E-state index < -0.39 is 11.6 Å². The van der Waals surface area contributed by atoms with Gasteiger partial charge in [-0.05, 0) is 84.9 Å². The highest BCUT2D eigenvalue weighted by molar-refractivity contribution is 6.04. The van der Waals surface area contributed by atoms with Crippen molar-refractivity contribution in [3.63, 3.8) is 0 Å². The molecule has 10 rings (SSSR count). The summed E-state index contributed by atoms with van der Waals surface area (Å²) in [5.74, 6) is -0.877. The molecular weight excluding hydrogens is 662 g/mol. The molecule has 4 heterocycles. The Morgan fingerprint density at radius 3 is 1.17 bits per heavy atom. The summed E-state index contributed by atoms with van der Waals surface area (Å²) < 4.78 is 30.9. The number of fused-ring (bicyclic) bond motifs is 8. The van der Waals surface area contributed by atoms with Gasteiger partial charge < -0.3 is 19.1 Å². The summed E-state index contributed by atoms with van der Waals surface area (Å²) in [4.78, 5) is 58.1. The number of rotatable bonds is 0. The molecule has 52 heavy (non-hydrogen) atoms. The number of hydrogen-bond acceptors (Lipinski definition) is 4. The highest BCUT2D eigenvalue weighted by atomic mass is 19.1. The number of nitrogens with zero attached hydrogens (tertiary/aromatic N) is 2. The van der Waals surface area contributed by atoms with Gasteiger partial charge in [0.25, 0.3) is 0 Å². The Labute approximate surface area is 290 Å². The summed E-state index contributed by atoms with van der Waals surface area (Å²) in [5, 5.41) is 4.07. The molecule has 10 heteroatoms. The van der Waals surface area contributed by atoms with Crippen molar-refractivity contribution >= 4 is 87.2 Å². The van der Waals surface area contributed by atoms with E-state index in [2.05, 4.69) is 9.97 Å². The minimum absolute atomic E-state index is 0.0322. The van der Waals surface area contributed by atoms with Crippen molar-refractivity contribution in [2.45, 2.75) is 0 Å². The molecule has 0 spiro atoms. The van der Waals surface area contributed by atoms with Crippen LogP contribution in [-0.4, -0.2) is 19.1 Å². The van der Waals surface area contributed by atoms with Crippen LogP contribution in [0.1, 0.15) is 0 Å². The third-order valence-corrected chi connectivity index (χ3v) is 9.99. The van der Waals surface area contributed by atoms with E-state index in [1.807, 2.05) is 36.4 Å². The summed E-state index contributed by atoms with van der Waals surface area (Å²) in [6.07, 6.45) is 0. The highest BCUT2D eigenvalue weighted by Gasteiger charge is 2.16. The maximum absolute atomic E-state index is 13.7. The normalized spacial score (nSPS) is 11.8. The second-order valence-electron chi connectivity index (χ2n) is 12.9. The Balaban J connectivity index is 0.000000140.